The predicted octanol–water partition coefficient (Wildman–Crippen LogP) is 7.61. The summed E-state index contributed by atoms with van der Waals surface area (Å²) >= 11 is 0. The number of fused-ring (bicyclic) bond motifs is 1. The van der Waals surface area contributed by atoms with E-state index in [1.54, 1.807) is 21.5 Å². The van der Waals surface area contributed by atoms with Crippen molar-refractivity contribution in [2.75, 3.05) is 5.32 Å². The van der Waals surface area contributed by atoms with Crippen LogP contribution in [-0.4, -0.2) is 14.1 Å². The van der Waals surface area contributed by atoms with Gasteiger partial charge in [0.25, 0.3) is 0 Å². The molecule has 0 saturated heterocycles. The number of anilines is 1. The molecule has 4 aromatic carbocycles. The molecule has 194 valence electrons. The maximum absolute atomic E-state index is 13.9. The van der Waals surface area contributed by atoms with Crippen molar-refractivity contribution in [1.29, 1.82) is 0 Å². The van der Waals surface area contributed by atoms with E-state index in [1.807, 2.05) is 127 Å². The lowest BCUT2D eigenvalue weighted by molar-refractivity contribution is 0.482. The predicted molar refractivity (Wildman–Crippen MR) is 161 cm³/mol. The topological polar surface area (TPSA) is 61.1 Å². The van der Waals surface area contributed by atoms with Gasteiger partial charge >= 0.3 is 5.69 Å². The minimum Gasteiger partial charge on any atom is -0.457 e. The molecule has 2 heterocycles. The highest BCUT2D eigenvalue weighted by Crippen LogP contribution is 2.25. The number of hydrogen-bond donors (Lipinski definition) is 1. The van der Waals surface area contributed by atoms with Gasteiger partial charge in [0.15, 0.2) is 0 Å². The SMILES string of the molecule is C=C(/C=C/c1ccccc1)Nc1cccc(-n2c(=O)n(-c3ccc(Oc4ccccc4)cc3)c3cnccc32)c1. The first-order valence-corrected chi connectivity index (χ1v) is 12.9. The first-order chi connectivity index (χ1) is 19.7. The molecule has 0 atom stereocenters. The number of rotatable bonds is 8. The lowest BCUT2D eigenvalue weighted by Gasteiger charge is -2.09. The van der Waals surface area contributed by atoms with Gasteiger partial charge in [0.1, 0.15) is 11.5 Å². The van der Waals surface area contributed by atoms with Gasteiger partial charge in [-0.1, -0.05) is 67.3 Å². The molecule has 6 aromatic rings. The number of ether oxygens (including phenoxy) is 1. The summed E-state index contributed by atoms with van der Waals surface area (Å²) in [6, 6.07) is 36.6. The zero-order chi connectivity index (χ0) is 27.3. The molecule has 40 heavy (non-hydrogen) atoms. The Kier molecular flexibility index (Phi) is 6.80. The van der Waals surface area contributed by atoms with Gasteiger partial charge in [0.2, 0.25) is 0 Å². The van der Waals surface area contributed by atoms with E-state index in [9.17, 15) is 4.79 Å². The molecule has 0 aliphatic carbocycles. The first-order valence-electron chi connectivity index (χ1n) is 12.9. The number of allylic oxidation sites excluding steroid dienone is 1. The largest absolute Gasteiger partial charge is 0.457 e. The van der Waals surface area contributed by atoms with E-state index in [1.165, 1.54) is 0 Å². The summed E-state index contributed by atoms with van der Waals surface area (Å²) in [5.41, 5.74) is 5.36. The first kappa shape index (κ1) is 24.7. The van der Waals surface area contributed by atoms with Gasteiger partial charge in [-0.2, -0.15) is 0 Å². The number of pyridine rings is 1. The molecule has 2 aromatic heterocycles. The number of benzene rings is 4. The quantitative estimate of drug-likeness (QED) is 0.209. The molecule has 0 amide bonds. The van der Waals surface area contributed by atoms with E-state index >= 15 is 0 Å². The summed E-state index contributed by atoms with van der Waals surface area (Å²) in [5, 5.41) is 3.32. The van der Waals surface area contributed by atoms with Crippen molar-refractivity contribution in [2.45, 2.75) is 0 Å². The van der Waals surface area contributed by atoms with Crippen molar-refractivity contribution in [3.05, 3.63) is 162 Å². The van der Waals surface area contributed by atoms with E-state index < -0.39 is 0 Å². The number of nitrogens with one attached hydrogen (secondary N) is 1. The van der Waals surface area contributed by atoms with Gasteiger partial charge in [-0.05, 0) is 72.3 Å². The summed E-state index contributed by atoms with van der Waals surface area (Å²) in [6.45, 7) is 4.12. The van der Waals surface area contributed by atoms with Crippen molar-refractivity contribution in [2.24, 2.45) is 0 Å². The van der Waals surface area contributed by atoms with Crippen molar-refractivity contribution >= 4 is 22.8 Å². The van der Waals surface area contributed by atoms with E-state index in [4.69, 9.17) is 4.74 Å². The Bertz CT molecular complexity index is 1870. The highest BCUT2D eigenvalue weighted by molar-refractivity contribution is 5.79. The molecular weight excluding hydrogens is 496 g/mol. The van der Waals surface area contributed by atoms with Crippen LogP contribution in [0.25, 0.3) is 28.5 Å². The summed E-state index contributed by atoms with van der Waals surface area (Å²) in [7, 11) is 0. The van der Waals surface area contributed by atoms with Gasteiger partial charge in [0.05, 0.1) is 28.6 Å². The monoisotopic (exact) mass is 522 g/mol. The summed E-state index contributed by atoms with van der Waals surface area (Å²) in [5.74, 6) is 1.44. The molecule has 0 radical (unpaired) electrons. The smallest absolute Gasteiger partial charge is 0.338 e. The van der Waals surface area contributed by atoms with E-state index in [-0.39, 0.29) is 5.69 Å². The van der Waals surface area contributed by atoms with Crippen LogP contribution in [0.1, 0.15) is 5.56 Å². The molecule has 6 rings (SSSR count). The third kappa shape index (κ3) is 5.19. The summed E-state index contributed by atoms with van der Waals surface area (Å²) in [4.78, 5) is 18.2. The lowest BCUT2D eigenvalue weighted by atomic mass is 10.2. The maximum Gasteiger partial charge on any atom is 0.338 e. The second-order valence-electron chi connectivity index (χ2n) is 9.17. The lowest BCUT2D eigenvalue weighted by Crippen LogP contribution is -2.22. The fraction of sp³-hybridized carbons (Fsp3) is 0. The number of hydrogen-bond acceptors (Lipinski definition) is 4. The van der Waals surface area contributed by atoms with Crippen molar-refractivity contribution in [3.63, 3.8) is 0 Å². The van der Waals surface area contributed by atoms with Crippen LogP contribution in [0, 0.1) is 0 Å². The van der Waals surface area contributed by atoms with Gasteiger partial charge in [0, 0.05) is 17.6 Å². The third-order valence-corrected chi connectivity index (χ3v) is 6.40. The molecule has 0 spiro atoms. The van der Waals surface area contributed by atoms with Crippen LogP contribution in [0.2, 0.25) is 0 Å². The van der Waals surface area contributed by atoms with Gasteiger partial charge < -0.3 is 10.1 Å². The molecule has 1 N–H and O–H groups in total. The number of nitrogens with zero attached hydrogens (tertiary/aromatic N) is 3. The highest BCUT2D eigenvalue weighted by atomic mass is 16.5. The van der Waals surface area contributed by atoms with Crippen molar-refractivity contribution < 1.29 is 4.74 Å². The molecule has 0 aliphatic heterocycles. The van der Waals surface area contributed by atoms with Crippen LogP contribution in [0.5, 0.6) is 11.5 Å². The molecule has 0 aliphatic rings. The van der Waals surface area contributed by atoms with E-state index in [0.717, 1.165) is 39.6 Å². The maximum atomic E-state index is 13.9. The zero-order valence-corrected chi connectivity index (χ0v) is 21.6. The normalized spacial score (nSPS) is 11.1. The molecule has 6 nitrogen and oxygen atoms in total. The van der Waals surface area contributed by atoms with Crippen molar-refractivity contribution in [1.82, 2.24) is 14.1 Å². The number of para-hydroxylation sites is 1. The second-order valence-corrected chi connectivity index (χ2v) is 9.17. The standard InChI is InChI=1S/C34H26N4O2/c1-25(15-16-26-9-4-2-5-10-26)36-27-11-8-12-29(23-27)38-32-21-22-35-24-33(32)37(34(38)39)28-17-19-31(20-18-28)40-30-13-6-3-7-14-30/h2-24,36H,1H2/b16-15+. The molecule has 0 saturated carbocycles. The van der Waals surface area contributed by atoms with E-state index in [2.05, 4.69) is 16.9 Å². The van der Waals surface area contributed by atoms with Gasteiger partial charge in [-0.3, -0.25) is 14.1 Å². The minimum atomic E-state index is -0.195. The van der Waals surface area contributed by atoms with Crippen LogP contribution in [-0.2, 0) is 0 Å². The fourth-order valence-electron chi connectivity index (χ4n) is 4.54. The van der Waals surface area contributed by atoms with Crippen LogP contribution < -0.4 is 15.7 Å². The molecule has 0 unspecified atom stereocenters. The van der Waals surface area contributed by atoms with Crippen LogP contribution >= 0.6 is 0 Å². The zero-order valence-electron chi connectivity index (χ0n) is 21.6. The molecular formula is C34H26N4O2. The Morgan fingerprint density at radius 3 is 2.23 bits per heavy atom. The number of imidazole rings is 1. The number of aromatic nitrogens is 3. The average molecular weight is 523 g/mol. The Balaban J connectivity index is 1.31. The Morgan fingerprint density at radius 1 is 0.750 bits per heavy atom. The van der Waals surface area contributed by atoms with E-state index in [0.29, 0.717) is 11.3 Å². The van der Waals surface area contributed by atoms with Crippen molar-refractivity contribution in [3.8, 4) is 22.9 Å². The second kappa shape index (κ2) is 11.0. The summed E-state index contributed by atoms with van der Waals surface area (Å²) < 4.78 is 9.28. The average Bonchev–Trinajstić information content (AvgIpc) is 3.29. The van der Waals surface area contributed by atoms with Gasteiger partial charge in [-0.25, -0.2) is 4.79 Å². The molecule has 0 bridgehead atoms. The Labute approximate surface area is 231 Å². The highest BCUT2D eigenvalue weighted by Gasteiger charge is 2.16. The fourth-order valence-corrected chi connectivity index (χ4v) is 4.54. The third-order valence-electron chi connectivity index (χ3n) is 6.40. The molecule has 6 heteroatoms. The Hall–Kier alpha value is -5.62. The van der Waals surface area contributed by atoms with Gasteiger partial charge in [-0.15, -0.1) is 0 Å². The van der Waals surface area contributed by atoms with Crippen LogP contribution in [0.4, 0.5) is 5.69 Å². The summed E-state index contributed by atoms with van der Waals surface area (Å²) in [6.07, 6.45) is 7.33. The minimum absolute atomic E-state index is 0.195. The molecule has 0 fully saturated rings. The Morgan fingerprint density at radius 2 is 1.45 bits per heavy atom. The van der Waals surface area contributed by atoms with Crippen LogP contribution in [0.15, 0.2) is 151 Å². The van der Waals surface area contributed by atoms with Crippen LogP contribution in [0.3, 0.4) is 0 Å².